The van der Waals surface area contributed by atoms with Gasteiger partial charge in [0.25, 0.3) is 0 Å². The predicted octanol–water partition coefficient (Wildman–Crippen LogP) is 2.25. The van der Waals surface area contributed by atoms with E-state index in [2.05, 4.69) is 37.4 Å². The fourth-order valence-electron chi connectivity index (χ4n) is 2.08. The predicted molar refractivity (Wildman–Crippen MR) is 56.0 cm³/mol. The number of hydrogen-bond acceptors (Lipinski definition) is 1. The Bertz CT molecular complexity index is 350. The van der Waals surface area contributed by atoms with Gasteiger partial charge in [-0.15, -0.1) is 0 Å². The van der Waals surface area contributed by atoms with Gasteiger partial charge in [-0.2, -0.15) is 0 Å². The third kappa shape index (κ3) is 1.79. The molecule has 1 aliphatic rings. The lowest BCUT2D eigenvalue weighted by atomic mass is 10.0. The molecular formula is C12H15NO. The van der Waals surface area contributed by atoms with Crippen molar-refractivity contribution in [3.8, 4) is 0 Å². The summed E-state index contributed by atoms with van der Waals surface area (Å²) in [5.74, 6) is 0.175. The first-order valence-corrected chi connectivity index (χ1v) is 5.03. The molecule has 2 rings (SSSR count). The minimum Gasteiger partial charge on any atom is -0.349 e. The molecule has 0 saturated carbocycles. The highest BCUT2D eigenvalue weighted by Crippen LogP contribution is 2.25. The SMILES string of the molecule is Cc1cc(C)cc([C@@H]2CCC(=O)N2)c1. The Labute approximate surface area is 84.3 Å². The van der Waals surface area contributed by atoms with Crippen LogP contribution in [-0.2, 0) is 4.79 Å². The number of aryl methyl sites for hydroxylation is 2. The van der Waals surface area contributed by atoms with Crippen LogP contribution in [0.25, 0.3) is 0 Å². The van der Waals surface area contributed by atoms with Gasteiger partial charge in [0.05, 0.1) is 6.04 Å². The van der Waals surface area contributed by atoms with Crippen LogP contribution >= 0.6 is 0 Å². The van der Waals surface area contributed by atoms with Crippen LogP contribution in [0.3, 0.4) is 0 Å². The molecule has 0 radical (unpaired) electrons. The lowest BCUT2D eigenvalue weighted by Gasteiger charge is -2.12. The minimum absolute atomic E-state index is 0.175. The van der Waals surface area contributed by atoms with Crippen LogP contribution < -0.4 is 5.32 Å². The van der Waals surface area contributed by atoms with E-state index in [-0.39, 0.29) is 11.9 Å². The lowest BCUT2D eigenvalue weighted by molar-refractivity contribution is -0.119. The van der Waals surface area contributed by atoms with E-state index in [4.69, 9.17) is 0 Å². The van der Waals surface area contributed by atoms with Crippen molar-refractivity contribution in [3.63, 3.8) is 0 Å². The van der Waals surface area contributed by atoms with Gasteiger partial charge in [-0.3, -0.25) is 4.79 Å². The zero-order chi connectivity index (χ0) is 10.1. The highest BCUT2D eigenvalue weighted by Gasteiger charge is 2.22. The Kier molecular flexibility index (Phi) is 2.28. The second-order valence-corrected chi connectivity index (χ2v) is 4.08. The Morgan fingerprint density at radius 1 is 1.21 bits per heavy atom. The van der Waals surface area contributed by atoms with Gasteiger partial charge < -0.3 is 5.32 Å². The van der Waals surface area contributed by atoms with Gasteiger partial charge in [0.1, 0.15) is 0 Å². The van der Waals surface area contributed by atoms with Gasteiger partial charge in [-0.1, -0.05) is 29.3 Å². The molecule has 0 unspecified atom stereocenters. The molecule has 1 aromatic rings. The standard InChI is InChI=1S/C12H15NO/c1-8-5-9(2)7-10(6-8)11-3-4-12(14)13-11/h5-7,11H,3-4H2,1-2H3,(H,13,14)/t11-/m0/s1. The van der Waals surface area contributed by atoms with Crippen molar-refractivity contribution in [3.05, 3.63) is 34.9 Å². The molecule has 1 heterocycles. The van der Waals surface area contributed by atoms with Gasteiger partial charge >= 0.3 is 0 Å². The summed E-state index contributed by atoms with van der Waals surface area (Å²) >= 11 is 0. The van der Waals surface area contributed by atoms with Crippen molar-refractivity contribution in [2.75, 3.05) is 0 Å². The van der Waals surface area contributed by atoms with E-state index in [9.17, 15) is 4.79 Å². The molecule has 1 aromatic carbocycles. The number of carbonyl (C=O) groups is 1. The van der Waals surface area contributed by atoms with Crippen molar-refractivity contribution in [2.24, 2.45) is 0 Å². The normalized spacial score (nSPS) is 21.0. The van der Waals surface area contributed by atoms with Crippen LogP contribution in [0.15, 0.2) is 18.2 Å². The number of hydrogen-bond donors (Lipinski definition) is 1. The topological polar surface area (TPSA) is 29.1 Å². The summed E-state index contributed by atoms with van der Waals surface area (Å²) in [5.41, 5.74) is 3.77. The molecule has 14 heavy (non-hydrogen) atoms. The maximum atomic E-state index is 11.1. The molecule has 74 valence electrons. The van der Waals surface area contributed by atoms with Gasteiger partial charge in [-0.25, -0.2) is 0 Å². The second-order valence-electron chi connectivity index (χ2n) is 4.08. The third-order valence-electron chi connectivity index (χ3n) is 2.64. The summed E-state index contributed by atoms with van der Waals surface area (Å²) in [4.78, 5) is 11.1. The smallest absolute Gasteiger partial charge is 0.220 e. The molecule has 0 aromatic heterocycles. The fraction of sp³-hybridized carbons (Fsp3) is 0.417. The van der Waals surface area contributed by atoms with Crippen molar-refractivity contribution in [2.45, 2.75) is 32.7 Å². The lowest BCUT2D eigenvalue weighted by Crippen LogP contribution is -2.18. The van der Waals surface area contributed by atoms with E-state index in [1.165, 1.54) is 16.7 Å². The zero-order valence-electron chi connectivity index (χ0n) is 8.63. The molecule has 1 aliphatic heterocycles. The molecule has 2 nitrogen and oxygen atoms in total. The number of benzene rings is 1. The molecule has 1 amide bonds. The summed E-state index contributed by atoms with van der Waals surface area (Å²) in [5, 5.41) is 2.99. The first-order valence-electron chi connectivity index (χ1n) is 5.03. The number of carbonyl (C=O) groups excluding carboxylic acids is 1. The molecule has 1 atom stereocenters. The quantitative estimate of drug-likeness (QED) is 0.721. The summed E-state index contributed by atoms with van der Waals surface area (Å²) < 4.78 is 0. The molecule has 0 bridgehead atoms. The van der Waals surface area contributed by atoms with E-state index in [0.29, 0.717) is 6.42 Å². The maximum absolute atomic E-state index is 11.1. The summed E-state index contributed by atoms with van der Waals surface area (Å²) in [7, 11) is 0. The van der Waals surface area contributed by atoms with Gasteiger partial charge in [-0.05, 0) is 25.8 Å². The number of rotatable bonds is 1. The molecule has 1 N–H and O–H groups in total. The van der Waals surface area contributed by atoms with Crippen LogP contribution in [0, 0.1) is 13.8 Å². The van der Waals surface area contributed by atoms with Gasteiger partial charge in [0.15, 0.2) is 0 Å². The highest BCUT2D eigenvalue weighted by atomic mass is 16.1. The van der Waals surface area contributed by atoms with Crippen LogP contribution in [0.1, 0.15) is 35.6 Å². The van der Waals surface area contributed by atoms with Crippen molar-refractivity contribution >= 4 is 5.91 Å². The molecule has 0 spiro atoms. The summed E-state index contributed by atoms with van der Waals surface area (Å²) in [6, 6.07) is 6.70. The summed E-state index contributed by atoms with van der Waals surface area (Å²) in [6.07, 6.45) is 1.60. The average Bonchev–Trinajstić information content (AvgIpc) is 2.50. The third-order valence-corrected chi connectivity index (χ3v) is 2.64. The minimum atomic E-state index is 0.175. The Hall–Kier alpha value is -1.31. The molecule has 2 heteroatoms. The van der Waals surface area contributed by atoms with E-state index in [0.717, 1.165) is 6.42 Å². The first kappa shape index (κ1) is 9.25. The van der Waals surface area contributed by atoms with E-state index in [1.807, 2.05) is 0 Å². The van der Waals surface area contributed by atoms with Crippen LogP contribution in [0.5, 0.6) is 0 Å². The largest absolute Gasteiger partial charge is 0.349 e. The number of amides is 1. The monoisotopic (exact) mass is 189 g/mol. The highest BCUT2D eigenvalue weighted by molar-refractivity contribution is 5.78. The maximum Gasteiger partial charge on any atom is 0.220 e. The van der Waals surface area contributed by atoms with Crippen molar-refractivity contribution in [1.29, 1.82) is 0 Å². The van der Waals surface area contributed by atoms with E-state index in [1.54, 1.807) is 0 Å². The fourth-order valence-corrected chi connectivity index (χ4v) is 2.08. The van der Waals surface area contributed by atoms with Crippen LogP contribution in [0.2, 0.25) is 0 Å². The first-order chi connectivity index (χ1) is 6.65. The Balaban J connectivity index is 2.27. The molecule has 1 fully saturated rings. The second kappa shape index (κ2) is 3.45. The van der Waals surface area contributed by atoms with Crippen LogP contribution in [-0.4, -0.2) is 5.91 Å². The van der Waals surface area contributed by atoms with Gasteiger partial charge in [0, 0.05) is 6.42 Å². The van der Waals surface area contributed by atoms with E-state index >= 15 is 0 Å². The van der Waals surface area contributed by atoms with Gasteiger partial charge in [0.2, 0.25) is 5.91 Å². The van der Waals surface area contributed by atoms with Crippen molar-refractivity contribution < 1.29 is 4.79 Å². The molecular weight excluding hydrogens is 174 g/mol. The van der Waals surface area contributed by atoms with Crippen molar-refractivity contribution in [1.82, 2.24) is 5.32 Å². The summed E-state index contributed by atoms with van der Waals surface area (Å²) in [6.45, 7) is 4.18. The molecule has 1 saturated heterocycles. The average molecular weight is 189 g/mol. The van der Waals surface area contributed by atoms with Crippen LogP contribution in [0.4, 0.5) is 0 Å². The molecule has 0 aliphatic carbocycles. The Morgan fingerprint density at radius 2 is 1.86 bits per heavy atom. The zero-order valence-corrected chi connectivity index (χ0v) is 8.63. The Morgan fingerprint density at radius 3 is 2.36 bits per heavy atom. The number of nitrogens with one attached hydrogen (secondary N) is 1. The van der Waals surface area contributed by atoms with E-state index < -0.39 is 0 Å².